The summed E-state index contributed by atoms with van der Waals surface area (Å²) in [6, 6.07) is 0. The Morgan fingerprint density at radius 1 is 0.541 bits per heavy atom. The molecule has 0 spiro atoms. The van der Waals surface area contributed by atoms with Crippen LogP contribution in [0.2, 0.25) is 0 Å². The van der Waals surface area contributed by atoms with Crippen LogP contribution in [-0.4, -0.2) is 11.8 Å². The van der Waals surface area contributed by atoms with Crippen molar-refractivity contribution in [3.63, 3.8) is 0 Å². The van der Waals surface area contributed by atoms with Crippen molar-refractivity contribution in [2.24, 2.45) is 5.92 Å². The Hall–Kier alpha value is -1.12. The van der Waals surface area contributed by atoms with Crippen molar-refractivity contribution in [2.75, 3.05) is 0 Å². The number of hydrogen-bond acceptors (Lipinski definition) is 2. The van der Waals surface area contributed by atoms with E-state index in [1.165, 1.54) is 167 Å². The van der Waals surface area contributed by atoms with Gasteiger partial charge in [0.15, 0.2) is 0 Å². The van der Waals surface area contributed by atoms with E-state index < -0.39 is 0 Å². The average molecular weight is 518 g/mol. The Morgan fingerprint density at radius 2 is 0.865 bits per heavy atom. The molecule has 0 aliphatic carbocycles. The van der Waals surface area contributed by atoms with E-state index in [0.717, 1.165) is 6.42 Å². The number of carbonyl (C=O) groups is 2. The fourth-order valence-corrected chi connectivity index (χ4v) is 5.57. The molecule has 1 unspecified atom stereocenters. The van der Waals surface area contributed by atoms with Gasteiger partial charge in [-0.05, 0) is 12.8 Å². The molecule has 0 aromatic carbocycles. The molecule has 2 amide bonds. The number of rotatable bonds is 28. The van der Waals surface area contributed by atoms with E-state index in [4.69, 9.17) is 0 Å². The maximum absolute atomic E-state index is 11.5. The first-order valence-corrected chi connectivity index (χ1v) is 16.7. The van der Waals surface area contributed by atoms with Crippen molar-refractivity contribution in [2.45, 2.75) is 187 Å². The van der Waals surface area contributed by atoms with E-state index in [9.17, 15) is 9.59 Å². The molecule has 3 nitrogen and oxygen atoms in total. The molecule has 1 atom stereocenters. The van der Waals surface area contributed by atoms with Gasteiger partial charge in [-0.1, -0.05) is 180 Å². The molecule has 216 valence electrons. The van der Waals surface area contributed by atoms with E-state index in [2.05, 4.69) is 18.3 Å². The molecule has 3 heteroatoms. The minimum atomic E-state index is -0.225. The Bertz CT molecular complexity index is 556. The third-order valence-electron chi connectivity index (χ3n) is 8.10. The number of carbonyl (C=O) groups excluding carboxylic acids is 2. The lowest BCUT2D eigenvalue weighted by atomic mass is 10.0. The zero-order valence-electron chi connectivity index (χ0n) is 24.8. The molecule has 1 aliphatic heterocycles. The highest BCUT2D eigenvalue weighted by molar-refractivity contribution is 6.04. The predicted octanol–water partition coefficient (Wildman–Crippen LogP) is 10.8. The summed E-state index contributed by atoms with van der Waals surface area (Å²) >= 11 is 0. The number of amides is 2. The molecular formula is C34H63NO2. The summed E-state index contributed by atoms with van der Waals surface area (Å²) in [5.41, 5.74) is 0. The second-order valence-corrected chi connectivity index (χ2v) is 11.8. The third-order valence-corrected chi connectivity index (χ3v) is 8.10. The van der Waals surface area contributed by atoms with E-state index in [0.29, 0.717) is 6.42 Å². The standard InChI is InChI=1S/C34H63NO2/c1-2-3-4-5-6-7-8-9-10-11-12-13-14-15-16-17-18-19-20-21-22-23-24-25-26-27-28-29-30-32-31-33(36)35-34(32)37/h29-30,32H,2-28,31H2,1H3,(H,35,36,37). The fourth-order valence-electron chi connectivity index (χ4n) is 5.57. The molecule has 1 aliphatic rings. The van der Waals surface area contributed by atoms with Crippen LogP contribution in [0.3, 0.4) is 0 Å². The van der Waals surface area contributed by atoms with E-state index in [1.807, 2.05) is 6.08 Å². The van der Waals surface area contributed by atoms with Gasteiger partial charge in [0, 0.05) is 6.42 Å². The largest absolute Gasteiger partial charge is 0.296 e. The molecule has 1 saturated heterocycles. The SMILES string of the molecule is CCCCCCCCCCCCCCCCCCCCCCCCCCCCC=CC1CC(=O)NC1=O. The summed E-state index contributed by atoms with van der Waals surface area (Å²) < 4.78 is 0. The van der Waals surface area contributed by atoms with Gasteiger partial charge in [-0.25, -0.2) is 0 Å². The van der Waals surface area contributed by atoms with E-state index in [1.54, 1.807) is 0 Å². The molecule has 1 rings (SSSR count). The summed E-state index contributed by atoms with van der Waals surface area (Å²) in [6.45, 7) is 2.30. The van der Waals surface area contributed by atoms with Gasteiger partial charge in [-0.15, -0.1) is 0 Å². The fraction of sp³-hybridized carbons (Fsp3) is 0.882. The van der Waals surface area contributed by atoms with Crippen molar-refractivity contribution in [3.05, 3.63) is 12.2 Å². The summed E-state index contributed by atoms with van der Waals surface area (Å²) in [6.07, 6.45) is 42.4. The maximum Gasteiger partial charge on any atom is 0.233 e. The highest BCUT2D eigenvalue weighted by Crippen LogP contribution is 2.17. The second-order valence-electron chi connectivity index (χ2n) is 11.8. The van der Waals surface area contributed by atoms with Gasteiger partial charge >= 0.3 is 0 Å². The third kappa shape index (κ3) is 22.6. The van der Waals surface area contributed by atoms with Crippen molar-refractivity contribution in [3.8, 4) is 0 Å². The maximum atomic E-state index is 11.5. The Balaban J connectivity index is 1.66. The Labute approximate surface area is 231 Å². The zero-order chi connectivity index (χ0) is 26.7. The Morgan fingerprint density at radius 3 is 1.16 bits per heavy atom. The van der Waals surface area contributed by atoms with Crippen LogP contribution in [0.4, 0.5) is 0 Å². The molecule has 37 heavy (non-hydrogen) atoms. The van der Waals surface area contributed by atoms with Gasteiger partial charge < -0.3 is 0 Å². The first-order chi connectivity index (χ1) is 18.2. The van der Waals surface area contributed by atoms with Crippen LogP contribution >= 0.6 is 0 Å². The van der Waals surface area contributed by atoms with Crippen LogP contribution in [0.1, 0.15) is 187 Å². The van der Waals surface area contributed by atoms with Crippen molar-refractivity contribution in [1.29, 1.82) is 0 Å². The van der Waals surface area contributed by atoms with Crippen LogP contribution in [0, 0.1) is 5.92 Å². The summed E-state index contributed by atoms with van der Waals surface area (Å²) in [4.78, 5) is 22.6. The first kappa shape index (κ1) is 33.9. The molecule has 0 aromatic heterocycles. The van der Waals surface area contributed by atoms with Gasteiger partial charge in [0.25, 0.3) is 0 Å². The first-order valence-electron chi connectivity index (χ1n) is 16.7. The Kier molecular flexibility index (Phi) is 24.3. The van der Waals surface area contributed by atoms with Crippen LogP contribution in [-0.2, 0) is 9.59 Å². The van der Waals surface area contributed by atoms with Crippen LogP contribution in [0.25, 0.3) is 0 Å². The quantitative estimate of drug-likeness (QED) is 0.0637. The molecule has 1 fully saturated rings. The van der Waals surface area contributed by atoms with Crippen molar-refractivity contribution < 1.29 is 9.59 Å². The van der Waals surface area contributed by atoms with E-state index in [-0.39, 0.29) is 17.7 Å². The molecule has 0 bridgehead atoms. The number of imide groups is 1. The minimum Gasteiger partial charge on any atom is -0.296 e. The number of nitrogens with one attached hydrogen (secondary N) is 1. The lowest BCUT2D eigenvalue weighted by Crippen LogP contribution is -2.21. The number of unbranched alkanes of at least 4 members (excludes halogenated alkanes) is 26. The lowest BCUT2D eigenvalue weighted by molar-refractivity contribution is -0.125. The molecule has 1 N–H and O–H groups in total. The smallest absolute Gasteiger partial charge is 0.233 e. The topological polar surface area (TPSA) is 46.2 Å². The lowest BCUT2D eigenvalue weighted by Gasteiger charge is -2.04. The normalized spacial score (nSPS) is 15.8. The molecular weight excluding hydrogens is 454 g/mol. The van der Waals surface area contributed by atoms with Crippen LogP contribution in [0.15, 0.2) is 12.2 Å². The summed E-state index contributed by atoms with van der Waals surface area (Å²) in [7, 11) is 0. The van der Waals surface area contributed by atoms with Gasteiger partial charge in [-0.3, -0.25) is 14.9 Å². The van der Waals surface area contributed by atoms with Gasteiger partial charge in [-0.2, -0.15) is 0 Å². The highest BCUT2D eigenvalue weighted by Gasteiger charge is 2.27. The van der Waals surface area contributed by atoms with Gasteiger partial charge in [0.2, 0.25) is 11.8 Å². The average Bonchev–Trinajstić information content (AvgIpc) is 3.22. The second kappa shape index (κ2) is 26.5. The van der Waals surface area contributed by atoms with Crippen LogP contribution in [0.5, 0.6) is 0 Å². The minimum absolute atomic E-state index is 0.133. The van der Waals surface area contributed by atoms with E-state index >= 15 is 0 Å². The van der Waals surface area contributed by atoms with Gasteiger partial charge in [0.1, 0.15) is 0 Å². The molecule has 0 aromatic rings. The summed E-state index contributed by atoms with van der Waals surface area (Å²) in [5.74, 6) is -0.497. The highest BCUT2D eigenvalue weighted by atomic mass is 16.2. The van der Waals surface area contributed by atoms with Gasteiger partial charge in [0.05, 0.1) is 5.92 Å². The molecule has 0 radical (unpaired) electrons. The molecule has 1 heterocycles. The number of allylic oxidation sites excluding steroid dienone is 1. The zero-order valence-corrected chi connectivity index (χ0v) is 24.8. The monoisotopic (exact) mass is 517 g/mol. The summed E-state index contributed by atoms with van der Waals surface area (Å²) in [5, 5.41) is 2.36. The number of hydrogen-bond donors (Lipinski definition) is 1. The molecule has 0 saturated carbocycles. The van der Waals surface area contributed by atoms with Crippen LogP contribution < -0.4 is 5.32 Å². The predicted molar refractivity (Wildman–Crippen MR) is 161 cm³/mol. The van der Waals surface area contributed by atoms with Crippen molar-refractivity contribution >= 4 is 11.8 Å². The van der Waals surface area contributed by atoms with Crippen molar-refractivity contribution in [1.82, 2.24) is 5.32 Å².